The minimum absolute atomic E-state index is 0.189. The zero-order valence-electron chi connectivity index (χ0n) is 13.7. The number of carbonyl (C=O) groups excluding carboxylic acids is 1. The monoisotopic (exact) mass is 356 g/mol. The van der Waals surface area contributed by atoms with Crippen molar-refractivity contribution in [2.24, 2.45) is 0 Å². The fourth-order valence-corrected chi connectivity index (χ4v) is 2.20. The van der Waals surface area contributed by atoms with Crippen molar-refractivity contribution in [1.82, 2.24) is 9.97 Å². The number of anilines is 4. The number of esters is 1. The molecule has 0 aliphatic rings. The van der Waals surface area contributed by atoms with E-state index < -0.39 is 17.6 Å². The Labute approximate surface area is 147 Å². The molecule has 0 unspecified atom stereocenters. The van der Waals surface area contributed by atoms with Crippen LogP contribution in [-0.4, -0.2) is 23.0 Å². The van der Waals surface area contributed by atoms with E-state index in [0.717, 1.165) is 12.1 Å². The summed E-state index contributed by atoms with van der Waals surface area (Å²) in [6, 6.07) is 11.6. The summed E-state index contributed by atoms with van der Waals surface area (Å²) in [4.78, 5) is 19.8. The van der Waals surface area contributed by atoms with Gasteiger partial charge < -0.3 is 15.4 Å². The maximum Gasteiger partial charge on any atom is 0.337 e. The molecule has 0 spiro atoms. The lowest BCUT2D eigenvalue weighted by atomic mass is 10.2. The fourth-order valence-electron chi connectivity index (χ4n) is 2.20. The van der Waals surface area contributed by atoms with E-state index in [4.69, 9.17) is 0 Å². The molecule has 6 nitrogen and oxygen atoms in total. The first-order chi connectivity index (χ1) is 12.6. The third-order valence-electron chi connectivity index (χ3n) is 3.41. The number of benzene rings is 2. The van der Waals surface area contributed by atoms with Gasteiger partial charge in [0.2, 0.25) is 5.95 Å². The first-order valence-electron chi connectivity index (χ1n) is 7.56. The Morgan fingerprint density at radius 1 is 1.04 bits per heavy atom. The highest BCUT2D eigenvalue weighted by molar-refractivity contribution is 5.90. The Balaban J connectivity index is 1.81. The Hall–Kier alpha value is -3.55. The minimum Gasteiger partial charge on any atom is -0.465 e. The molecule has 2 N–H and O–H groups in total. The summed E-state index contributed by atoms with van der Waals surface area (Å²) in [5.74, 6) is -1.54. The van der Waals surface area contributed by atoms with Gasteiger partial charge in [-0.2, -0.15) is 4.98 Å². The van der Waals surface area contributed by atoms with E-state index in [0.29, 0.717) is 11.3 Å². The van der Waals surface area contributed by atoms with Crippen molar-refractivity contribution < 1.29 is 18.3 Å². The van der Waals surface area contributed by atoms with Gasteiger partial charge in [0.25, 0.3) is 0 Å². The number of carbonyl (C=O) groups is 1. The molecule has 2 aromatic carbocycles. The lowest BCUT2D eigenvalue weighted by Gasteiger charge is -2.10. The number of rotatable bonds is 5. The maximum absolute atomic E-state index is 13.7. The first kappa shape index (κ1) is 17.3. The van der Waals surface area contributed by atoms with Gasteiger partial charge in [-0.25, -0.2) is 18.6 Å². The van der Waals surface area contributed by atoms with Crippen LogP contribution in [0.25, 0.3) is 0 Å². The maximum atomic E-state index is 13.7. The van der Waals surface area contributed by atoms with Gasteiger partial charge >= 0.3 is 5.97 Å². The number of halogens is 2. The van der Waals surface area contributed by atoms with Gasteiger partial charge in [-0.05, 0) is 36.4 Å². The van der Waals surface area contributed by atoms with Crippen LogP contribution < -0.4 is 10.6 Å². The molecule has 0 saturated carbocycles. The molecular formula is C18H14F2N4O2. The van der Waals surface area contributed by atoms with Crippen molar-refractivity contribution >= 4 is 29.1 Å². The SMILES string of the molecule is COC(=O)c1cccc(Nc2nccc(Nc3c(F)cccc3F)n2)c1. The molecule has 0 aliphatic carbocycles. The number of hydrogen-bond acceptors (Lipinski definition) is 6. The van der Waals surface area contributed by atoms with Crippen LogP contribution in [0.15, 0.2) is 54.7 Å². The van der Waals surface area contributed by atoms with Crippen LogP contribution >= 0.6 is 0 Å². The molecule has 0 amide bonds. The zero-order valence-corrected chi connectivity index (χ0v) is 13.7. The summed E-state index contributed by atoms with van der Waals surface area (Å²) in [5.41, 5.74) is 0.618. The van der Waals surface area contributed by atoms with Crippen molar-refractivity contribution in [1.29, 1.82) is 0 Å². The number of nitrogens with zero attached hydrogens (tertiary/aromatic N) is 2. The molecule has 0 aliphatic heterocycles. The predicted octanol–water partition coefficient (Wildman–Crippen LogP) is 4.03. The quantitative estimate of drug-likeness (QED) is 0.672. The van der Waals surface area contributed by atoms with Gasteiger partial charge in [0, 0.05) is 11.9 Å². The largest absolute Gasteiger partial charge is 0.465 e. The Bertz CT molecular complexity index is 930. The van der Waals surface area contributed by atoms with E-state index in [1.807, 2.05) is 0 Å². The summed E-state index contributed by atoms with van der Waals surface area (Å²) >= 11 is 0. The number of ether oxygens (including phenoxy) is 1. The summed E-state index contributed by atoms with van der Waals surface area (Å²) in [6.07, 6.45) is 1.43. The van der Waals surface area contributed by atoms with Crippen LogP contribution in [0.3, 0.4) is 0 Å². The van der Waals surface area contributed by atoms with E-state index in [-0.39, 0.29) is 17.5 Å². The van der Waals surface area contributed by atoms with Crippen molar-refractivity contribution in [3.05, 3.63) is 71.9 Å². The lowest BCUT2D eigenvalue weighted by molar-refractivity contribution is 0.0601. The number of hydrogen-bond donors (Lipinski definition) is 2. The zero-order chi connectivity index (χ0) is 18.5. The molecule has 1 heterocycles. The van der Waals surface area contributed by atoms with Gasteiger partial charge in [-0.1, -0.05) is 12.1 Å². The summed E-state index contributed by atoms with van der Waals surface area (Å²) < 4.78 is 32.1. The second kappa shape index (κ2) is 7.56. The predicted molar refractivity (Wildman–Crippen MR) is 92.7 cm³/mol. The van der Waals surface area contributed by atoms with Gasteiger partial charge in [0.1, 0.15) is 23.1 Å². The van der Waals surface area contributed by atoms with E-state index >= 15 is 0 Å². The van der Waals surface area contributed by atoms with Crippen LogP contribution in [0.1, 0.15) is 10.4 Å². The Kier molecular flexibility index (Phi) is 5.02. The number of aromatic nitrogens is 2. The topological polar surface area (TPSA) is 76.1 Å². The van der Waals surface area contributed by atoms with E-state index in [9.17, 15) is 13.6 Å². The standard InChI is InChI=1S/C18H14F2N4O2/c1-26-17(25)11-4-2-5-12(10-11)22-18-21-9-8-15(24-18)23-16-13(19)6-3-7-14(16)20/h2-10H,1H3,(H2,21,22,23,24). The molecule has 0 bridgehead atoms. The number of nitrogens with one attached hydrogen (secondary N) is 2. The molecule has 0 fully saturated rings. The summed E-state index contributed by atoms with van der Waals surface area (Å²) in [6.45, 7) is 0. The third-order valence-corrected chi connectivity index (χ3v) is 3.41. The molecular weight excluding hydrogens is 342 g/mol. The molecule has 3 rings (SSSR count). The van der Waals surface area contributed by atoms with Crippen LogP contribution in [0.2, 0.25) is 0 Å². The van der Waals surface area contributed by atoms with Crippen LogP contribution in [0.4, 0.5) is 31.9 Å². The fraction of sp³-hybridized carbons (Fsp3) is 0.0556. The minimum atomic E-state index is -0.732. The van der Waals surface area contributed by atoms with Gasteiger partial charge in [-0.15, -0.1) is 0 Å². The highest BCUT2D eigenvalue weighted by Crippen LogP contribution is 2.23. The van der Waals surface area contributed by atoms with E-state index in [1.54, 1.807) is 24.3 Å². The lowest BCUT2D eigenvalue weighted by Crippen LogP contribution is -2.04. The van der Waals surface area contributed by atoms with Gasteiger partial charge in [-0.3, -0.25) is 0 Å². The molecule has 132 valence electrons. The second-order valence-electron chi connectivity index (χ2n) is 5.18. The van der Waals surface area contributed by atoms with Crippen molar-refractivity contribution in [3.8, 4) is 0 Å². The highest BCUT2D eigenvalue weighted by Gasteiger charge is 2.10. The van der Waals surface area contributed by atoms with Crippen LogP contribution in [0, 0.1) is 11.6 Å². The second-order valence-corrected chi connectivity index (χ2v) is 5.18. The summed E-state index contributed by atoms with van der Waals surface area (Å²) in [7, 11) is 1.29. The van der Waals surface area contributed by atoms with E-state index in [1.165, 1.54) is 25.4 Å². The van der Waals surface area contributed by atoms with Crippen molar-refractivity contribution in [2.75, 3.05) is 17.7 Å². The molecule has 1 aromatic heterocycles. The third kappa shape index (κ3) is 3.92. The van der Waals surface area contributed by atoms with E-state index in [2.05, 4.69) is 25.3 Å². The molecule has 0 radical (unpaired) electrons. The molecule has 0 saturated heterocycles. The summed E-state index contributed by atoms with van der Waals surface area (Å²) in [5, 5.41) is 5.51. The van der Waals surface area contributed by atoms with Crippen molar-refractivity contribution in [3.63, 3.8) is 0 Å². The van der Waals surface area contributed by atoms with Gasteiger partial charge in [0.05, 0.1) is 12.7 Å². The molecule has 8 heteroatoms. The number of para-hydroxylation sites is 1. The van der Waals surface area contributed by atoms with Gasteiger partial charge in [0.15, 0.2) is 0 Å². The Morgan fingerprint density at radius 2 is 1.77 bits per heavy atom. The average Bonchev–Trinajstić information content (AvgIpc) is 2.65. The van der Waals surface area contributed by atoms with Crippen LogP contribution in [0.5, 0.6) is 0 Å². The normalized spacial score (nSPS) is 10.3. The molecule has 3 aromatic rings. The highest BCUT2D eigenvalue weighted by atomic mass is 19.1. The molecule has 26 heavy (non-hydrogen) atoms. The van der Waals surface area contributed by atoms with Crippen molar-refractivity contribution in [2.45, 2.75) is 0 Å². The molecule has 0 atom stereocenters. The number of methoxy groups -OCH3 is 1. The first-order valence-corrected chi connectivity index (χ1v) is 7.56. The smallest absolute Gasteiger partial charge is 0.337 e. The average molecular weight is 356 g/mol. The van der Waals surface area contributed by atoms with Crippen LogP contribution in [-0.2, 0) is 4.74 Å². The Morgan fingerprint density at radius 3 is 2.50 bits per heavy atom.